The van der Waals surface area contributed by atoms with Crippen LogP contribution in [0.4, 0.5) is 0 Å². The lowest BCUT2D eigenvalue weighted by molar-refractivity contribution is -0.106. The second-order valence-corrected chi connectivity index (χ2v) is 7.68. The average molecular weight is 305 g/mol. The Kier molecular flexibility index (Phi) is 14.9. The summed E-state index contributed by atoms with van der Waals surface area (Å²) in [6.45, 7) is 0. The highest BCUT2D eigenvalue weighted by Crippen LogP contribution is 2.07. The van der Waals surface area contributed by atoms with Gasteiger partial charge in [-0.25, -0.2) is 0 Å². The van der Waals surface area contributed by atoms with Gasteiger partial charge in [0.05, 0.1) is 0 Å². The molecule has 0 spiro atoms. The van der Waals surface area contributed by atoms with E-state index in [1.165, 1.54) is 30.6 Å². The van der Waals surface area contributed by atoms with Crippen LogP contribution in [0.25, 0.3) is 0 Å². The Bertz CT molecular complexity index is 158. The first-order valence-electron chi connectivity index (χ1n) is 6.81. The lowest BCUT2D eigenvalue weighted by Crippen LogP contribution is -2.13. The van der Waals surface area contributed by atoms with Crippen LogP contribution in [-0.2, 0) is 18.9 Å². The Morgan fingerprint density at radius 2 is 1.05 bits per heavy atom. The quantitative estimate of drug-likeness (QED) is 0.280. The zero-order valence-electron chi connectivity index (χ0n) is 12.7. The Hall–Kier alpha value is 0.274. The molecule has 0 aliphatic heterocycles. The van der Waals surface area contributed by atoms with Crippen molar-refractivity contribution in [3.63, 3.8) is 0 Å². The van der Waals surface area contributed by atoms with Crippen LogP contribution in [0.1, 0.15) is 25.7 Å². The third-order valence-electron chi connectivity index (χ3n) is 2.89. The number of ether oxygens (including phenoxy) is 4. The molecule has 0 saturated heterocycles. The maximum atomic E-state index is 5.16. The van der Waals surface area contributed by atoms with Gasteiger partial charge in [0.2, 0.25) is 0 Å². The molecule has 0 amide bonds. The van der Waals surface area contributed by atoms with Crippen molar-refractivity contribution in [2.75, 3.05) is 28.4 Å². The van der Waals surface area contributed by atoms with E-state index in [4.69, 9.17) is 18.9 Å². The minimum atomic E-state index is -0.0210. The summed E-state index contributed by atoms with van der Waals surface area (Å²) in [7, 11) is 8.96. The van der Waals surface area contributed by atoms with Crippen molar-refractivity contribution in [1.82, 2.24) is 0 Å². The van der Waals surface area contributed by atoms with Gasteiger partial charge in [0, 0.05) is 47.5 Å². The number of rotatable bonds is 14. The van der Waals surface area contributed by atoms with Gasteiger partial charge >= 0.3 is 0 Å². The minimum Gasteiger partial charge on any atom is -0.356 e. The highest BCUT2D eigenvalue weighted by Gasteiger charge is 2.05. The summed E-state index contributed by atoms with van der Waals surface area (Å²) < 4.78 is 20.6. The summed E-state index contributed by atoms with van der Waals surface area (Å²) >= 11 is 0. The van der Waals surface area contributed by atoms with Crippen molar-refractivity contribution in [1.29, 1.82) is 0 Å². The van der Waals surface area contributed by atoms with E-state index in [2.05, 4.69) is 0 Å². The molecule has 0 saturated carbocycles. The Labute approximate surface area is 123 Å². The molecule has 0 aromatic heterocycles. The molecular weight excluding hydrogens is 276 g/mol. The zero-order chi connectivity index (χ0) is 14.3. The summed E-state index contributed by atoms with van der Waals surface area (Å²) in [6, 6.07) is 2.60. The van der Waals surface area contributed by atoms with E-state index in [1.807, 2.05) is 0 Å². The molecule has 0 aliphatic rings. The highest BCUT2D eigenvalue weighted by molar-refractivity contribution is 6.55. The third-order valence-corrected chi connectivity index (χ3v) is 6.30. The zero-order valence-corrected chi connectivity index (χ0v) is 14.7. The molecule has 0 atom stereocenters. The number of hydrogen-bond acceptors (Lipinski definition) is 4. The van der Waals surface area contributed by atoms with Gasteiger partial charge in [-0.05, 0) is 12.8 Å². The number of hydrogen-bond donors (Lipinski definition) is 0. The molecule has 6 heteroatoms. The molecule has 0 N–H and O–H groups in total. The summed E-state index contributed by atoms with van der Waals surface area (Å²) in [5.41, 5.74) is 1.37. The van der Waals surface area contributed by atoms with Gasteiger partial charge in [-0.3, -0.25) is 0 Å². The second kappa shape index (κ2) is 14.7. The Balaban J connectivity index is 3.19. The smallest absolute Gasteiger partial charge is 0.156 e. The van der Waals surface area contributed by atoms with Crippen molar-refractivity contribution in [3.05, 3.63) is 0 Å². The molecular formula is C13H28O4Si2. The second-order valence-electron chi connectivity index (χ2n) is 4.26. The van der Waals surface area contributed by atoms with Crippen LogP contribution in [-0.4, -0.2) is 60.1 Å². The average Bonchev–Trinajstić information content (AvgIpc) is 2.45. The molecule has 4 radical (unpaired) electrons. The molecule has 0 aromatic rings. The first-order chi connectivity index (χ1) is 9.28. The first kappa shape index (κ1) is 19.3. The highest BCUT2D eigenvalue weighted by atomic mass is 28.3. The van der Waals surface area contributed by atoms with Crippen molar-refractivity contribution in [3.8, 4) is 0 Å². The molecule has 0 unspecified atom stereocenters. The largest absolute Gasteiger partial charge is 0.356 e. The van der Waals surface area contributed by atoms with Crippen molar-refractivity contribution >= 4 is 19.0 Å². The molecule has 0 aliphatic carbocycles. The SMILES string of the molecule is COC(CCC[Si]C[Si]CCCC(OC)OC)OC. The minimum absolute atomic E-state index is 0.0210. The van der Waals surface area contributed by atoms with Gasteiger partial charge in [-0.2, -0.15) is 0 Å². The van der Waals surface area contributed by atoms with Gasteiger partial charge in [0.15, 0.2) is 12.6 Å². The van der Waals surface area contributed by atoms with Gasteiger partial charge in [-0.1, -0.05) is 30.6 Å². The van der Waals surface area contributed by atoms with Crippen LogP contribution in [0.2, 0.25) is 17.8 Å². The molecule has 0 rings (SSSR count). The maximum Gasteiger partial charge on any atom is 0.156 e. The predicted molar refractivity (Wildman–Crippen MR) is 80.0 cm³/mol. The van der Waals surface area contributed by atoms with Crippen LogP contribution in [0.15, 0.2) is 0 Å². The molecule has 0 fully saturated rings. The predicted octanol–water partition coefficient (Wildman–Crippen LogP) is 2.41. The van der Waals surface area contributed by atoms with Crippen LogP contribution >= 0.6 is 0 Å². The summed E-state index contributed by atoms with van der Waals surface area (Å²) in [5, 5.41) is 0. The van der Waals surface area contributed by atoms with E-state index in [0.717, 1.165) is 31.9 Å². The van der Waals surface area contributed by atoms with Crippen LogP contribution in [0, 0.1) is 0 Å². The number of methoxy groups -OCH3 is 4. The van der Waals surface area contributed by atoms with E-state index in [-0.39, 0.29) is 12.6 Å². The van der Waals surface area contributed by atoms with Gasteiger partial charge in [0.25, 0.3) is 0 Å². The Morgan fingerprint density at radius 1 is 0.684 bits per heavy atom. The maximum absolute atomic E-state index is 5.16. The molecule has 4 nitrogen and oxygen atoms in total. The van der Waals surface area contributed by atoms with E-state index >= 15 is 0 Å². The first-order valence-corrected chi connectivity index (χ1v) is 9.63. The molecule has 0 bridgehead atoms. The van der Waals surface area contributed by atoms with E-state index < -0.39 is 0 Å². The van der Waals surface area contributed by atoms with Gasteiger partial charge in [-0.15, -0.1) is 0 Å². The fourth-order valence-electron chi connectivity index (χ4n) is 1.72. The monoisotopic (exact) mass is 304 g/mol. The molecule has 0 aromatic carbocycles. The lowest BCUT2D eigenvalue weighted by atomic mass is 10.3. The van der Waals surface area contributed by atoms with E-state index in [9.17, 15) is 0 Å². The topological polar surface area (TPSA) is 36.9 Å². The van der Waals surface area contributed by atoms with Crippen molar-refractivity contribution < 1.29 is 18.9 Å². The standard InChI is InChI=1S/C13H28O4Si2/c1-14-12(15-2)7-5-9-18-11-19-10-6-8-13(16-3)17-4/h12-13H,5-11H2,1-4H3. The van der Waals surface area contributed by atoms with Crippen molar-refractivity contribution in [2.24, 2.45) is 0 Å². The van der Waals surface area contributed by atoms with E-state index in [0.29, 0.717) is 0 Å². The third kappa shape index (κ3) is 11.8. The van der Waals surface area contributed by atoms with Gasteiger partial charge < -0.3 is 18.9 Å². The summed E-state index contributed by atoms with van der Waals surface area (Å²) in [5.74, 6) is 0. The summed E-state index contributed by atoms with van der Waals surface area (Å²) in [4.78, 5) is 0. The van der Waals surface area contributed by atoms with Crippen LogP contribution < -0.4 is 0 Å². The van der Waals surface area contributed by atoms with Crippen LogP contribution in [0.5, 0.6) is 0 Å². The molecule has 19 heavy (non-hydrogen) atoms. The normalized spacial score (nSPS) is 11.7. The van der Waals surface area contributed by atoms with Gasteiger partial charge in [0.1, 0.15) is 0 Å². The fraction of sp³-hybridized carbons (Fsp3) is 1.00. The summed E-state index contributed by atoms with van der Waals surface area (Å²) in [6.07, 6.45) is 4.37. The van der Waals surface area contributed by atoms with E-state index in [1.54, 1.807) is 28.4 Å². The Morgan fingerprint density at radius 3 is 1.37 bits per heavy atom. The molecule has 0 heterocycles. The molecule has 112 valence electrons. The van der Waals surface area contributed by atoms with Crippen LogP contribution in [0.3, 0.4) is 0 Å². The van der Waals surface area contributed by atoms with Crippen molar-refractivity contribution in [2.45, 2.75) is 56.0 Å². The lowest BCUT2D eigenvalue weighted by Gasteiger charge is -2.12. The fourth-order valence-corrected chi connectivity index (χ4v) is 4.75.